The summed E-state index contributed by atoms with van der Waals surface area (Å²) < 4.78 is 39.3. The SMILES string of the molecule is O=C(CCc1cccc(F)c1F)NCC(O)c1ccc(F)cc1. The summed E-state index contributed by atoms with van der Waals surface area (Å²) in [6.07, 6.45) is -0.941. The summed E-state index contributed by atoms with van der Waals surface area (Å²) in [6.45, 7) is -0.0455. The van der Waals surface area contributed by atoms with E-state index >= 15 is 0 Å². The smallest absolute Gasteiger partial charge is 0.220 e. The molecule has 0 radical (unpaired) electrons. The molecule has 23 heavy (non-hydrogen) atoms. The normalized spacial score (nSPS) is 12.0. The topological polar surface area (TPSA) is 49.3 Å². The molecule has 0 saturated carbocycles. The van der Waals surface area contributed by atoms with E-state index in [1.165, 1.54) is 36.4 Å². The number of nitrogens with one attached hydrogen (secondary N) is 1. The predicted molar refractivity (Wildman–Crippen MR) is 79.0 cm³/mol. The van der Waals surface area contributed by atoms with E-state index in [4.69, 9.17) is 0 Å². The third-order valence-electron chi connectivity index (χ3n) is 3.40. The number of aryl methyl sites for hydroxylation is 1. The van der Waals surface area contributed by atoms with E-state index in [-0.39, 0.29) is 24.9 Å². The molecule has 0 saturated heterocycles. The summed E-state index contributed by atoms with van der Waals surface area (Å²) in [7, 11) is 0. The highest BCUT2D eigenvalue weighted by Crippen LogP contribution is 2.14. The molecule has 2 N–H and O–H groups in total. The molecule has 0 aromatic heterocycles. The van der Waals surface area contributed by atoms with Crippen LogP contribution in [0.1, 0.15) is 23.7 Å². The van der Waals surface area contributed by atoms with Crippen LogP contribution in [-0.4, -0.2) is 17.6 Å². The predicted octanol–water partition coefficient (Wildman–Crippen LogP) is 2.89. The molecule has 2 aromatic carbocycles. The summed E-state index contributed by atoms with van der Waals surface area (Å²) in [5.74, 6) is -2.71. The standard InChI is InChI=1S/C17H16F3NO2/c18-13-7-4-11(5-8-13)15(22)10-21-16(23)9-6-12-2-1-3-14(19)17(12)20/h1-5,7-8,15,22H,6,9-10H2,(H,21,23). The van der Waals surface area contributed by atoms with Crippen LogP contribution in [0, 0.1) is 17.5 Å². The van der Waals surface area contributed by atoms with Crippen molar-refractivity contribution in [2.45, 2.75) is 18.9 Å². The molecule has 0 bridgehead atoms. The van der Waals surface area contributed by atoms with Crippen molar-refractivity contribution < 1.29 is 23.1 Å². The van der Waals surface area contributed by atoms with E-state index in [9.17, 15) is 23.1 Å². The highest BCUT2D eigenvalue weighted by molar-refractivity contribution is 5.76. The fraction of sp³-hybridized carbons (Fsp3) is 0.235. The van der Waals surface area contributed by atoms with E-state index in [0.717, 1.165) is 6.07 Å². The summed E-state index contributed by atoms with van der Waals surface area (Å²) >= 11 is 0. The van der Waals surface area contributed by atoms with Crippen LogP contribution in [0.15, 0.2) is 42.5 Å². The van der Waals surface area contributed by atoms with Crippen molar-refractivity contribution in [2.24, 2.45) is 0 Å². The molecule has 0 fully saturated rings. The van der Waals surface area contributed by atoms with E-state index < -0.39 is 29.5 Å². The monoisotopic (exact) mass is 323 g/mol. The van der Waals surface area contributed by atoms with Crippen LogP contribution >= 0.6 is 0 Å². The number of carbonyl (C=O) groups is 1. The molecule has 0 aliphatic carbocycles. The van der Waals surface area contributed by atoms with Gasteiger partial charge in [-0.1, -0.05) is 24.3 Å². The van der Waals surface area contributed by atoms with Gasteiger partial charge >= 0.3 is 0 Å². The lowest BCUT2D eigenvalue weighted by Crippen LogP contribution is -2.28. The molecule has 2 aromatic rings. The molecule has 2 rings (SSSR count). The van der Waals surface area contributed by atoms with E-state index in [0.29, 0.717) is 5.56 Å². The zero-order valence-electron chi connectivity index (χ0n) is 12.2. The maximum absolute atomic E-state index is 13.4. The Labute approximate surface area is 131 Å². The van der Waals surface area contributed by atoms with Crippen molar-refractivity contribution >= 4 is 5.91 Å². The molecule has 122 valence electrons. The van der Waals surface area contributed by atoms with Crippen LogP contribution < -0.4 is 5.32 Å². The van der Waals surface area contributed by atoms with Crippen LogP contribution in [0.4, 0.5) is 13.2 Å². The molecule has 0 spiro atoms. The minimum absolute atomic E-state index is 0.0312. The average Bonchev–Trinajstić information content (AvgIpc) is 2.54. The third kappa shape index (κ3) is 4.82. The number of rotatable bonds is 6. The summed E-state index contributed by atoms with van der Waals surface area (Å²) in [5.41, 5.74) is 0.599. The zero-order valence-corrected chi connectivity index (χ0v) is 12.2. The number of carbonyl (C=O) groups excluding carboxylic acids is 1. The lowest BCUT2D eigenvalue weighted by atomic mass is 10.1. The Balaban J connectivity index is 1.81. The summed E-state index contributed by atoms with van der Waals surface area (Å²) in [5, 5.41) is 12.4. The average molecular weight is 323 g/mol. The number of aliphatic hydroxyl groups excluding tert-OH is 1. The van der Waals surface area contributed by atoms with E-state index in [1.807, 2.05) is 0 Å². The van der Waals surface area contributed by atoms with Gasteiger partial charge in [0.25, 0.3) is 0 Å². The Morgan fingerprint density at radius 2 is 1.78 bits per heavy atom. The Kier molecular flexibility index (Phi) is 5.76. The molecule has 1 amide bonds. The summed E-state index contributed by atoms with van der Waals surface area (Å²) in [4.78, 5) is 11.7. The van der Waals surface area contributed by atoms with Crippen LogP contribution in [-0.2, 0) is 11.2 Å². The van der Waals surface area contributed by atoms with Crippen molar-refractivity contribution in [1.82, 2.24) is 5.32 Å². The Morgan fingerprint density at radius 1 is 1.09 bits per heavy atom. The first-order valence-corrected chi connectivity index (χ1v) is 7.10. The van der Waals surface area contributed by atoms with Gasteiger partial charge in [0.1, 0.15) is 5.82 Å². The van der Waals surface area contributed by atoms with Crippen molar-refractivity contribution in [1.29, 1.82) is 0 Å². The highest BCUT2D eigenvalue weighted by atomic mass is 19.2. The van der Waals surface area contributed by atoms with Crippen molar-refractivity contribution in [3.63, 3.8) is 0 Å². The second-order valence-corrected chi connectivity index (χ2v) is 5.08. The minimum atomic E-state index is -0.967. The number of amides is 1. The lowest BCUT2D eigenvalue weighted by Gasteiger charge is -2.12. The van der Waals surface area contributed by atoms with Gasteiger partial charge in [-0.25, -0.2) is 13.2 Å². The molecule has 0 aliphatic heterocycles. The first-order valence-electron chi connectivity index (χ1n) is 7.10. The Morgan fingerprint density at radius 3 is 2.48 bits per heavy atom. The maximum Gasteiger partial charge on any atom is 0.220 e. The number of benzene rings is 2. The van der Waals surface area contributed by atoms with Crippen molar-refractivity contribution in [3.8, 4) is 0 Å². The van der Waals surface area contributed by atoms with Gasteiger partial charge in [0, 0.05) is 13.0 Å². The maximum atomic E-state index is 13.4. The van der Waals surface area contributed by atoms with Gasteiger partial charge in [-0.3, -0.25) is 4.79 Å². The van der Waals surface area contributed by atoms with Gasteiger partial charge in [-0.05, 0) is 35.7 Å². The molecule has 1 unspecified atom stereocenters. The zero-order chi connectivity index (χ0) is 16.8. The van der Waals surface area contributed by atoms with Gasteiger partial charge in [-0.2, -0.15) is 0 Å². The molecule has 0 heterocycles. The third-order valence-corrected chi connectivity index (χ3v) is 3.40. The van der Waals surface area contributed by atoms with Gasteiger partial charge in [-0.15, -0.1) is 0 Å². The van der Waals surface area contributed by atoms with E-state index in [1.54, 1.807) is 0 Å². The first kappa shape index (κ1) is 17.0. The lowest BCUT2D eigenvalue weighted by molar-refractivity contribution is -0.121. The van der Waals surface area contributed by atoms with Gasteiger partial charge in [0.2, 0.25) is 5.91 Å². The number of hydrogen-bond donors (Lipinski definition) is 2. The largest absolute Gasteiger partial charge is 0.387 e. The van der Waals surface area contributed by atoms with E-state index in [2.05, 4.69) is 5.32 Å². The molecule has 0 aliphatic rings. The first-order chi connectivity index (χ1) is 11.0. The second-order valence-electron chi connectivity index (χ2n) is 5.08. The number of aliphatic hydroxyl groups is 1. The number of halogens is 3. The molecule has 6 heteroatoms. The van der Waals surface area contributed by atoms with Crippen LogP contribution in [0.2, 0.25) is 0 Å². The minimum Gasteiger partial charge on any atom is -0.387 e. The van der Waals surface area contributed by atoms with Gasteiger partial charge < -0.3 is 10.4 Å². The van der Waals surface area contributed by atoms with Gasteiger partial charge in [0.15, 0.2) is 11.6 Å². The van der Waals surface area contributed by atoms with Crippen molar-refractivity contribution in [2.75, 3.05) is 6.54 Å². The molecule has 3 nitrogen and oxygen atoms in total. The van der Waals surface area contributed by atoms with Crippen LogP contribution in [0.3, 0.4) is 0 Å². The number of hydrogen-bond acceptors (Lipinski definition) is 2. The molecule has 1 atom stereocenters. The fourth-order valence-corrected chi connectivity index (χ4v) is 2.09. The van der Waals surface area contributed by atoms with Crippen LogP contribution in [0.5, 0.6) is 0 Å². The second kappa shape index (κ2) is 7.78. The van der Waals surface area contributed by atoms with Crippen molar-refractivity contribution in [3.05, 3.63) is 71.0 Å². The molecular weight excluding hydrogens is 307 g/mol. The fourth-order valence-electron chi connectivity index (χ4n) is 2.09. The van der Waals surface area contributed by atoms with Gasteiger partial charge in [0.05, 0.1) is 6.10 Å². The highest BCUT2D eigenvalue weighted by Gasteiger charge is 2.12. The summed E-state index contributed by atoms with van der Waals surface area (Å²) in [6, 6.07) is 9.09. The molecular formula is C17H16F3NO2. The Hall–Kier alpha value is -2.34. The Bertz CT molecular complexity index is 674. The van der Waals surface area contributed by atoms with Crippen LogP contribution in [0.25, 0.3) is 0 Å². The quantitative estimate of drug-likeness (QED) is 0.859.